The summed E-state index contributed by atoms with van der Waals surface area (Å²) in [6.07, 6.45) is 3.65. The molecule has 8 nitrogen and oxygen atoms in total. The summed E-state index contributed by atoms with van der Waals surface area (Å²) in [5, 5.41) is 24.1. The molecule has 11 heteroatoms. The lowest BCUT2D eigenvalue weighted by Crippen LogP contribution is -2.54. The number of aliphatic hydroxyl groups is 2. The monoisotopic (exact) mass is 793 g/mol. The molecule has 1 heterocycles. The number of fused-ring (bicyclic) bond motifs is 8. The fourth-order valence-electron chi connectivity index (χ4n) is 9.71. The largest absolute Gasteiger partial charge is 0.573 e. The van der Waals surface area contributed by atoms with E-state index < -0.39 is 29.6 Å². The lowest BCUT2D eigenvalue weighted by Gasteiger charge is -2.46. The Hall–Kier alpha value is -4.09. The molecule has 7 rings (SSSR count). The Morgan fingerprint density at radius 3 is 2.47 bits per heavy atom. The number of aliphatic hydroxyl groups excluding tert-OH is 1. The number of alkyl halides is 3. The van der Waals surface area contributed by atoms with Crippen LogP contribution in [-0.2, 0) is 17.7 Å². The van der Waals surface area contributed by atoms with Gasteiger partial charge in [-0.05, 0) is 135 Å². The van der Waals surface area contributed by atoms with Gasteiger partial charge in [0.15, 0.2) is 5.76 Å². The first kappa shape index (κ1) is 42.5. The van der Waals surface area contributed by atoms with Gasteiger partial charge < -0.3 is 29.0 Å². The van der Waals surface area contributed by atoms with Crippen molar-refractivity contribution in [3.05, 3.63) is 101 Å². The van der Waals surface area contributed by atoms with Crippen molar-refractivity contribution in [3.63, 3.8) is 0 Å². The normalized spacial score (nSPS) is 28.3. The maximum atomic E-state index is 14.5. The van der Waals surface area contributed by atoms with Gasteiger partial charge in [0.05, 0.1) is 24.5 Å². The van der Waals surface area contributed by atoms with Crippen molar-refractivity contribution in [2.45, 2.75) is 135 Å². The van der Waals surface area contributed by atoms with Crippen LogP contribution in [0, 0.1) is 23.2 Å². The number of ketones is 1. The Kier molecular flexibility index (Phi) is 13.0. The Morgan fingerprint density at radius 1 is 1.04 bits per heavy atom. The highest BCUT2D eigenvalue weighted by Crippen LogP contribution is 2.59. The minimum atomic E-state index is -4.84. The van der Waals surface area contributed by atoms with Crippen molar-refractivity contribution in [2.75, 3.05) is 6.54 Å². The molecule has 2 bridgehead atoms. The smallest absolute Gasteiger partial charge is 0.461 e. The number of ether oxygens (including phenoxy) is 2. The minimum Gasteiger partial charge on any atom is -0.461 e. The highest BCUT2D eigenvalue weighted by molar-refractivity contribution is 6.08. The lowest BCUT2D eigenvalue weighted by atomic mass is 9.64. The van der Waals surface area contributed by atoms with Gasteiger partial charge in [-0.3, -0.25) is 4.79 Å². The van der Waals surface area contributed by atoms with Gasteiger partial charge >= 0.3 is 12.5 Å². The third kappa shape index (κ3) is 9.97. The van der Waals surface area contributed by atoms with E-state index in [2.05, 4.69) is 31.6 Å². The van der Waals surface area contributed by atoms with E-state index in [1.54, 1.807) is 12.1 Å². The summed E-state index contributed by atoms with van der Waals surface area (Å²) >= 11 is 0. The molecule has 0 saturated heterocycles. The topological polar surface area (TPSA) is 109 Å². The van der Waals surface area contributed by atoms with Gasteiger partial charge in [0.1, 0.15) is 11.9 Å². The predicted molar refractivity (Wildman–Crippen MR) is 211 cm³/mol. The average molecular weight is 794 g/mol. The van der Waals surface area contributed by atoms with Gasteiger partial charge in [-0.1, -0.05) is 70.0 Å². The molecule has 2 saturated carbocycles. The Bertz CT molecular complexity index is 1870. The maximum absolute atomic E-state index is 14.5. The number of carbonyl (C=O) groups excluding carboxylic acids is 2. The van der Waals surface area contributed by atoms with Crippen LogP contribution in [-0.4, -0.2) is 57.7 Å². The van der Waals surface area contributed by atoms with E-state index in [-0.39, 0.29) is 54.2 Å². The zero-order valence-electron chi connectivity index (χ0n) is 33.8. The first-order valence-corrected chi connectivity index (χ1v) is 20.5. The molecule has 2 N–H and O–H groups in total. The molecule has 2 fully saturated rings. The van der Waals surface area contributed by atoms with E-state index in [9.17, 15) is 33.0 Å². The van der Waals surface area contributed by atoms with Gasteiger partial charge in [-0.15, -0.1) is 13.2 Å². The number of amides is 1. The molecule has 7 atom stereocenters. The number of rotatable bonds is 9. The van der Waals surface area contributed by atoms with Gasteiger partial charge in [0.2, 0.25) is 5.78 Å². The van der Waals surface area contributed by atoms with Gasteiger partial charge in [-0.25, -0.2) is 4.79 Å². The van der Waals surface area contributed by atoms with Crippen molar-refractivity contribution in [2.24, 2.45) is 23.2 Å². The molecular formula is C46H58F3NO7. The zero-order valence-corrected chi connectivity index (χ0v) is 33.8. The lowest BCUT2D eigenvalue weighted by molar-refractivity contribution is -0.274. The second kappa shape index (κ2) is 17.4. The van der Waals surface area contributed by atoms with Crippen LogP contribution < -0.4 is 4.74 Å². The van der Waals surface area contributed by atoms with Crippen molar-refractivity contribution < 1.29 is 46.9 Å². The Morgan fingerprint density at radius 2 is 1.79 bits per heavy atom. The maximum Gasteiger partial charge on any atom is 0.573 e. The first-order valence-electron chi connectivity index (χ1n) is 20.5. The minimum absolute atomic E-state index is 0.0128. The molecule has 57 heavy (non-hydrogen) atoms. The zero-order chi connectivity index (χ0) is 41.1. The molecule has 4 aliphatic rings. The molecular weight excluding hydrogens is 735 g/mol. The number of hydrogen-bond acceptors (Lipinski definition) is 7. The van der Waals surface area contributed by atoms with E-state index in [0.717, 1.165) is 36.0 Å². The van der Waals surface area contributed by atoms with Crippen LogP contribution >= 0.6 is 0 Å². The number of nitrogens with zero attached hydrogens (tertiary/aromatic N) is 1. The quantitative estimate of drug-likeness (QED) is 0.164. The second-order valence-corrected chi connectivity index (χ2v) is 17.6. The van der Waals surface area contributed by atoms with E-state index >= 15 is 0 Å². The Balaban J connectivity index is 1.39. The van der Waals surface area contributed by atoms with E-state index in [1.807, 2.05) is 32.0 Å². The average Bonchev–Trinajstić information content (AvgIpc) is 3.77. The third-order valence-corrected chi connectivity index (χ3v) is 13.1. The van der Waals surface area contributed by atoms with Crippen molar-refractivity contribution in [1.82, 2.24) is 4.90 Å². The first-order chi connectivity index (χ1) is 26.9. The summed E-state index contributed by atoms with van der Waals surface area (Å²) in [7, 11) is 0. The summed E-state index contributed by atoms with van der Waals surface area (Å²) in [5.74, 6) is 0.0824. The predicted octanol–water partition coefficient (Wildman–Crippen LogP) is 10.5. The fourth-order valence-corrected chi connectivity index (χ4v) is 9.71. The van der Waals surface area contributed by atoms with Crippen molar-refractivity contribution >= 4 is 11.9 Å². The van der Waals surface area contributed by atoms with Crippen LogP contribution in [0.4, 0.5) is 18.0 Å². The number of allylic oxidation sites excluding steroid dienone is 2. The van der Waals surface area contributed by atoms with E-state index in [4.69, 9.17) is 9.15 Å². The highest BCUT2D eigenvalue weighted by Gasteiger charge is 2.58. The number of furan rings is 1. The standard InChI is InChI=1S/C46H58F3NO7/c1-29(2)36-18-11-31(4)24-41(36)56-43(53)50(27-32-12-16-35(17-13-32)57-46(47,48)49)28-45(54)22-20-39-37-19-14-33(26-38(37)42(52)40-9-7-23-55-40)25-34(51)15-10-30(3)8-6-21-44(39,45)5/h7-9,12-14,16-17,19,23,26,29,31,34,36,39,41,51,54H,6,10-11,15,18,20-22,24-25,27-28H2,1-5H3/t31-,34-,36+,39-,41-,44-,45+/m0/s1. The van der Waals surface area contributed by atoms with Crippen LogP contribution in [0.15, 0.2) is 76.9 Å². The molecule has 0 unspecified atom stereocenters. The summed E-state index contributed by atoms with van der Waals surface area (Å²) in [6.45, 7) is 10.4. The van der Waals surface area contributed by atoms with Crippen LogP contribution in [0.2, 0.25) is 0 Å². The van der Waals surface area contributed by atoms with Crippen molar-refractivity contribution in [3.8, 4) is 5.75 Å². The molecule has 3 aromatic rings. The SMILES string of the molecule is CC1=CCC[C@@]2(C)[C@@H](CC[C@@]2(O)CN(Cc2ccc(OC(F)(F)F)cc2)C(=O)O[C@H]2C[C@@H](C)CC[C@@H]2C(C)C)c2ccc(cc2C(=O)c2ccco2)C[C@@H](O)CC1. The molecule has 1 amide bonds. The summed E-state index contributed by atoms with van der Waals surface area (Å²) in [5.41, 5.74) is 1.45. The molecule has 0 aliphatic heterocycles. The third-order valence-electron chi connectivity index (χ3n) is 13.1. The van der Waals surface area contributed by atoms with Crippen molar-refractivity contribution in [1.29, 1.82) is 0 Å². The van der Waals surface area contributed by atoms with Gasteiger partial charge in [-0.2, -0.15) is 0 Å². The number of carbonyl (C=O) groups is 2. The molecule has 4 aliphatic carbocycles. The second-order valence-electron chi connectivity index (χ2n) is 17.6. The van der Waals surface area contributed by atoms with Crippen LogP contribution in [0.25, 0.3) is 0 Å². The molecule has 0 radical (unpaired) electrons. The number of halogens is 3. The number of benzene rings is 2. The molecule has 2 aromatic carbocycles. The van der Waals surface area contributed by atoms with Gasteiger partial charge in [0.25, 0.3) is 0 Å². The summed E-state index contributed by atoms with van der Waals surface area (Å²) in [4.78, 5) is 30.1. The van der Waals surface area contributed by atoms with Crippen LogP contribution in [0.5, 0.6) is 5.75 Å². The van der Waals surface area contributed by atoms with Crippen LogP contribution in [0.1, 0.15) is 131 Å². The fraction of sp³-hybridized carbons (Fsp3) is 0.565. The number of hydrogen-bond donors (Lipinski definition) is 2. The Labute approximate surface area is 334 Å². The van der Waals surface area contributed by atoms with E-state index in [0.29, 0.717) is 62.0 Å². The van der Waals surface area contributed by atoms with Gasteiger partial charge in [0, 0.05) is 17.5 Å². The summed E-state index contributed by atoms with van der Waals surface area (Å²) in [6, 6.07) is 14.5. The molecule has 310 valence electrons. The van der Waals surface area contributed by atoms with Crippen LogP contribution in [0.3, 0.4) is 0 Å². The molecule has 1 aromatic heterocycles. The molecule has 0 spiro atoms. The highest BCUT2D eigenvalue weighted by atomic mass is 19.4. The van der Waals surface area contributed by atoms with E-state index in [1.165, 1.54) is 35.4 Å². The summed E-state index contributed by atoms with van der Waals surface area (Å²) < 4.78 is 55.0.